The number of aryl methyl sites for hydroxylation is 1. The third-order valence-electron chi connectivity index (χ3n) is 5.00. The number of aromatic nitrogens is 2. The molecule has 3 rings (SSSR count). The Bertz CT molecular complexity index is 1230. The molecule has 33 heavy (non-hydrogen) atoms. The number of nitrogens with two attached hydrogens (primary N) is 1. The highest BCUT2D eigenvalue weighted by atomic mass is 16.4. The zero-order valence-electron chi connectivity index (χ0n) is 17.9. The van der Waals surface area contributed by atoms with Gasteiger partial charge in [0.15, 0.2) is 0 Å². The maximum absolute atomic E-state index is 12.7. The molecular formula is C22H24N6O5. The minimum Gasteiger partial charge on any atom is -0.481 e. The molecule has 0 fully saturated rings. The van der Waals surface area contributed by atoms with Crippen LogP contribution in [0.25, 0.3) is 22.4 Å². The van der Waals surface area contributed by atoms with Crippen molar-refractivity contribution < 1.29 is 24.6 Å². The van der Waals surface area contributed by atoms with Gasteiger partial charge in [-0.1, -0.05) is 24.3 Å². The quantitative estimate of drug-likeness (QED) is 0.198. The molecule has 0 aliphatic rings. The number of aliphatic carboxylic acids is 2. The maximum Gasteiger partial charge on any atom is 0.305 e. The first kappa shape index (κ1) is 23.3. The normalized spacial score (nSPS) is 10.7. The lowest BCUT2D eigenvalue weighted by atomic mass is 10.1. The van der Waals surface area contributed by atoms with Crippen LogP contribution in [0.4, 0.5) is 5.69 Å². The van der Waals surface area contributed by atoms with Crippen LogP contribution in [0.5, 0.6) is 0 Å². The molecule has 0 bridgehead atoms. The highest BCUT2D eigenvalue weighted by Crippen LogP contribution is 2.29. The lowest BCUT2D eigenvalue weighted by Crippen LogP contribution is -2.27. The van der Waals surface area contributed by atoms with Gasteiger partial charge in [0, 0.05) is 37.0 Å². The molecule has 3 aromatic rings. The van der Waals surface area contributed by atoms with Crippen molar-refractivity contribution in [1.29, 1.82) is 5.41 Å². The lowest BCUT2D eigenvalue weighted by molar-refractivity contribution is -0.137. The number of benzene rings is 2. The van der Waals surface area contributed by atoms with Crippen LogP contribution in [0.1, 0.15) is 28.8 Å². The minimum atomic E-state index is -1.03. The second-order valence-electron chi connectivity index (χ2n) is 7.34. The molecule has 7 N–H and O–H groups in total. The summed E-state index contributed by atoms with van der Waals surface area (Å²) in [4.78, 5) is 39.0. The van der Waals surface area contributed by atoms with Gasteiger partial charge in [-0.15, -0.1) is 0 Å². The number of anilines is 1. The highest BCUT2D eigenvalue weighted by Gasteiger charge is 2.18. The van der Waals surface area contributed by atoms with Crippen molar-refractivity contribution in [2.24, 2.45) is 12.8 Å². The molecule has 11 heteroatoms. The Balaban J connectivity index is 2.00. The summed E-state index contributed by atoms with van der Waals surface area (Å²) in [6.07, 6.45) is -0.364. The Morgan fingerprint density at radius 3 is 2.30 bits per heavy atom. The third-order valence-corrected chi connectivity index (χ3v) is 5.00. The molecule has 11 nitrogen and oxygen atoms in total. The molecular weight excluding hydrogens is 428 g/mol. The fourth-order valence-corrected chi connectivity index (χ4v) is 3.31. The summed E-state index contributed by atoms with van der Waals surface area (Å²) in [5.41, 5.74) is 8.78. The number of nitrogen functional groups attached to an aromatic ring is 1. The number of amidine groups is 1. The maximum atomic E-state index is 12.7. The number of nitrogens with zero attached hydrogens (tertiary/aromatic N) is 2. The standard InChI is InChI=1S/C22H24N6O5/c1-28-17-11-15(25-8-6-18(29)30)14(22(33)26-9-7-19(31)32)10-16(17)27-21(28)13-4-2-12(3-5-13)20(23)24/h2-5,10-11,25H,6-9H2,1H3,(H3,23,24)(H,26,33)(H,29,30)(H,31,32). The van der Waals surface area contributed by atoms with Gasteiger partial charge in [-0.2, -0.15) is 0 Å². The second-order valence-corrected chi connectivity index (χ2v) is 7.34. The van der Waals surface area contributed by atoms with E-state index in [0.717, 1.165) is 5.56 Å². The van der Waals surface area contributed by atoms with Crippen LogP contribution in [-0.2, 0) is 16.6 Å². The van der Waals surface area contributed by atoms with E-state index in [-0.39, 0.29) is 37.3 Å². The molecule has 0 saturated carbocycles. The molecule has 2 aromatic carbocycles. The number of carbonyl (C=O) groups excluding carboxylic acids is 1. The third kappa shape index (κ3) is 5.45. The van der Waals surface area contributed by atoms with Gasteiger partial charge >= 0.3 is 11.9 Å². The summed E-state index contributed by atoms with van der Waals surface area (Å²) < 4.78 is 1.84. The first-order valence-electron chi connectivity index (χ1n) is 10.1. The van der Waals surface area contributed by atoms with E-state index < -0.39 is 17.8 Å². The topological polar surface area (TPSA) is 183 Å². The van der Waals surface area contributed by atoms with E-state index in [0.29, 0.717) is 28.1 Å². The number of carboxylic acid groups (broad SMARTS) is 2. The Morgan fingerprint density at radius 1 is 1.06 bits per heavy atom. The average Bonchev–Trinajstić information content (AvgIpc) is 3.08. The molecule has 0 aliphatic carbocycles. The highest BCUT2D eigenvalue weighted by molar-refractivity contribution is 6.04. The van der Waals surface area contributed by atoms with Crippen molar-refractivity contribution in [3.8, 4) is 11.4 Å². The number of amides is 1. The fourth-order valence-electron chi connectivity index (χ4n) is 3.31. The molecule has 0 atom stereocenters. The van der Waals surface area contributed by atoms with Crippen molar-refractivity contribution in [1.82, 2.24) is 14.9 Å². The van der Waals surface area contributed by atoms with E-state index in [1.807, 2.05) is 11.6 Å². The van der Waals surface area contributed by atoms with Gasteiger partial charge < -0.3 is 31.1 Å². The number of rotatable bonds is 10. The van der Waals surface area contributed by atoms with E-state index in [9.17, 15) is 14.4 Å². The van der Waals surface area contributed by atoms with Crippen LogP contribution in [0.3, 0.4) is 0 Å². The van der Waals surface area contributed by atoms with Crippen molar-refractivity contribution >= 4 is 40.4 Å². The zero-order chi connectivity index (χ0) is 24.1. The van der Waals surface area contributed by atoms with Gasteiger partial charge in [0.2, 0.25) is 0 Å². The predicted molar refractivity (Wildman–Crippen MR) is 122 cm³/mol. The molecule has 172 valence electrons. The van der Waals surface area contributed by atoms with Crippen LogP contribution in [-0.4, -0.2) is 56.5 Å². The Morgan fingerprint density at radius 2 is 1.70 bits per heavy atom. The average molecular weight is 452 g/mol. The number of carboxylic acids is 2. The summed E-state index contributed by atoms with van der Waals surface area (Å²) in [6.45, 7) is 0.0597. The predicted octanol–water partition coefficient (Wildman–Crippen LogP) is 1.62. The SMILES string of the molecule is Cn1c(-c2ccc(C(=N)N)cc2)nc2cc(C(=O)NCCC(=O)O)c(NCCC(=O)O)cc21. The van der Waals surface area contributed by atoms with Crippen LogP contribution in [0.2, 0.25) is 0 Å². The van der Waals surface area contributed by atoms with E-state index in [1.54, 1.807) is 36.4 Å². The smallest absolute Gasteiger partial charge is 0.305 e. The number of fused-ring (bicyclic) bond motifs is 1. The molecule has 0 saturated heterocycles. The molecule has 1 heterocycles. The van der Waals surface area contributed by atoms with Gasteiger partial charge in [-0.05, 0) is 12.1 Å². The summed E-state index contributed by atoms with van der Waals surface area (Å²) in [7, 11) is 1.82. The van der Waals surface area contributed by atoms with Crippen LogP contribution < -0.4 is 16.4 Å². The first-order chi connectivity index (χ1) is 15.7. The monoisotopic (exact) mass is 452 g/mol. The van der Waals surface area contributed by atoms with Crippen molar-refractivity contribution in [3.05, 3.63) is 47.5 Å². The number of imidazole rings is 1. The zero-order valence-corrected chi connectivity index (χ0v) is 17.9. The van der Waals surface area contributed by atoms with Crippen molar-refractivity contribution in [2.75, 3.05) is 18.4 Å². The molecule has 0 unspecified atom stereocenters. The summed E-state index contributed by atoms with van der Waals surface area (Å²) in [5.74, 6) is -1.92. The Kier molecular flexibility index (Phi) is 6.91. The Labute approximate surface area is 188 Å². The van der Waals surface area contributed by atoms with Crippen LogP contribution >= 0.6 is 0 Å². The van der Waals surface area contributed by atoms with Gasteiger partial charge in [0.25, 0.3) is 5.91 Å². The summed E-state index contributed by atoms with van der Waals surface area (Å²) >= 11 is 0. The van der Waals surface area contributed by atoms with Crippen molar-refractivity contribution in [2.45, 2.75) is 12.8 Å². The van der Waals surface area contributed by atoms with Gasteiger partial charge in [0.1, 0.15) is 11.7 Å². The van der Waals surface area contributed by atoms with Gasteiger partial charge in [0.05, 0.1) is 29.4 Å². The van der Waals surface area contributed by atoms with E-state index in [2.05, 4.69) is 15.6 Å². The summed E-state index contributed by atoms with van der Waals surface area (Å²) in [5, 5.41) is 30.8. The molecule has 1 amide bonds. The largest absolute Gasteiger partial charge is 0.481 e. The molecule has 1 aromatic heterocycles. The van der Waals surface area contributed by atoms with E-state index >= 15 is 0 Å². The van der Waals surface area contributed by atoms with Crippen LogP contribution in [0, 0.1) is 5.41 Å². The van der Waals surface area contributed by atoms with Gasteiger partial charge in [-0.3, -0.25) is 19.8 Å². The first-order valence-corrected chi connectivity index (χ1v) is 10.1. The number of nitrogens with one attached hydrogen (secondary N) is 3. The second kappa shape index (κ2) is 9.81. The fraction of sp³-hybridized carbons (Fsp3) is 0.227. The van der Waals surface area contributed by atoms with E-state index in [4.69, 9.17) is 21.4 Å². The molecule has 0 spiro atoms. The summed E-state index contributed by atoms with van der Waals surface area (Å²) in [6, 6.07) is 10.3. The van der Waals surface area contributed by atoms with E-state index in [1.165, 1.54) is 0 Å². The lowest BCUT2D eigenvalue weighted by Gasteiger charge is -2.12. The minimum absolute atomic E-state index is 0.0396. The Hall–Kier alpha value is -4.41. The number of hydrogen-bond acceptors (Lipinski definition) is 6. The van der Waals surface area contributed by atoms with Gasteiger partial charge in [-0.25, -0.2) is 4.98 Å². The number of hydrogen-bond donors (Lipinski definition) is 6. The molecule has 0 radical (unpaired) electrons. The number of carbonyl (C=O) groups is 3. The van der Waals surface area contributed by atoms with Crippen molar-refractivity contribution in [3.63, 3.8) is 0 Å². The molecule has 0 aliphatic heterocycles. The van der Waals surface area contributed by atoms with Crippen LogP contribution in [0.15, 0.2) is 36.4 Å².